The van der Waals surface area contributed by atoms with Crippen molar-refractivity contribution in [3.63, 3.8) is 0 Å². The van der Waals surface area contributed by atoms with E-state index in [-0.39, 0.29) is 36.1 Å². The second-order valence-electron chi connectivity index (χ2n) is 9.88. The number of thiophene rings is 1. The number of carbonyl (C=O) groups is 3. The third-order valence-electron chi connectivity index (χ3n) is 7.00. The quantitative estimate of drug-likeness (QED) is 0.294. The van der Waals surface area contributed by atoms with Gasteiger partial charge in [0.1, 0.15) is 23.5 Å². The second kappa shape index (κ2) is 9.75. The van der Waals surface area contributed by atoms with E-state index in [1.165, 1.54) is 16.0 Å². The Bertz CT molecular complexity index is 1140. The Kier molecular flexibility index (Phi) is 6.81. The number of rotatable bonds is 9. The van der Waals surface area contributed by atoms with Crippen molar-refractivity contribution >= 4 is 40.9 Å². The lowest BCUT2D eigenvalue weighted by Gasteiger charge is -2.48. The van der Waals surface area contributed by atoms with Gasteiger partial charge in [0.15, 0.2) is 12.6 Å². The number of β-lactam (4-membered cyclic amide) rings is 1. The van der Waals surface area contributed by atoms with Gasteiger partial charge in [0.25, 0.3) is 0 Å². The van der Waals surface area contributed by atoms with Crippen molar-refractivity contribution in [1.82, 2.24) is 35.3 Å². The molecular formula is C23H31N7O4S2. The van der Waals surface area contributed by atoms with Crippen molar-refractivity contribution in [2.24, 2.45) is 0 Å². The molecule has 1 N–H and O–H groups in total. The summed E-state index contributed by atoms with van der Waals surface area (Å²) in [7, 11) is 0. The summed E-state index contributed by atoms with van der Waals surface area (Å²) in [4.78, 5) is 43.4. The van der Waals surface area contributed by atoms with Crippen LogP contribution in [0.25, 0.3) is 0 Å². The van der Waals surface area contributed by atoms with Crippen LogP contribution in [-0.4, -0.2) is 70.1 Å². The molecular weight excluding hydrogens is 502 g/mol. The summed E-state index contributed by atoms with van der Waals surface area (Å²) in [6.45, 7) is 7.98. The van der Waals surface area contributed by atoms with Crippen LogP contribution in [0.5, 0.6) is 0 Å². The predicted octanol–water partition coefficient (Wildman–Crippen LogP) is 2.44. The van der Waals surface area contributed by atoms with E-state index in [1.54, 1.807) is 21.6 Å². The van der Waals surface area contributed by atoms with E-state index < -0.39 is 22.9 Å². The molecule has 3 aliphatic heterocycles. The van der Waals surface area contributed by atoms with Gasteiger partial charge >= 0.3 is 5.97 Å². The SMILES string of the molecule is CCCCCC(=O)OCn1nnnc1C1N2C(=O)C(N3C(=O)C(c4cccs4)NC3C)C2SC1(C)C. The first kappa shape index (κ1) is 25.2. The van der Waals surface area contributed by atoms with Gasteiger partial charge in [-0.25, -0.2) is 0 Å². The van der Waals surface area contributed by atoms with Crippen LogP contribution in [0.2, 0.25) is 0 Å². The van der Waals surface area contributed by atoms with Crippen LogP contribution in [-0.2, 0) is 25.9 Å². The molecule has 5 heterocycles. The number of carbonyl (C=O) groups excluding carboxylic acids is 3. The molecule has 2 aromatic rings. The topological polar surface area (TPSA) is 123 Å². The minimum atomic E-state index is -0.556. The fraction of sp³-hybridized carbons (Fsp3) is 0.652. The van der Waals surface area contributed by atoms with Gasteiger partial charge in [0.2, 0.25) is 11.8 Å². The van der Waals surface area contributed by atoms with E-state index in [0.29, 0.717) is 12.2 Å². The van der Waals surface area contributed by atoms with Gasteiger partial charge in [-0.15, -0.1) is 28.2 Å². The monoisotopic (exact) mass is 533 g/mol. The molecule has 0 spiro atoms. The van der Waals surface area contributed by atoms with Crippen LogP contribution in [0.1, 0.15) is 76.2 Å². The minimum absolute atomic E-state index is 0.0791. The normalized spacial score (nSPS) is 28.9. The van der Waals surface area contributed by atoms with Gasteiger partial charge in [0, 0.05) is 16.0 Å². The Hall–Kier alpha value is -2.51. The van der Waals surface area contributed by atoms with Crippen molar-refractivity contribution in [2.75, 3.05) is 0 Å². The Labute approximate surface area is 217 Å². The number of amides is 2. The highest BCUT2D eigenvalue weighted by atomic mass is 32.2. The second-order valence-corrected chi connectivity index (χ2v) is 12.6. The third-order valence-corrected chi connectivity index (χ3v) is 9.50. The molecule has 5 unspecified atom stereocenters. The van der Waals surface area contributed by atoms with Crippen molar-refractivity contribution < 1.29 is 19.1 Å². The number of hydrogen-bond donors (Lipinski definition) is 1. The molecule has 2 amide bonds. The van der Waals surface area contributed by atoms with Gasteiger partial charge in [-0.1, -0.05) is 25.8 Å². The first-order valence-corrected chi connectivity index (χ1v) is 14.0. The molecule has 3 aliphatic rings. The summed E-state index contributed by atoms with van der Waals surface area (Å²) in [6.07, 6.45) is 2.87. The number of ether oxygens (including phenoxy) is 1. The summed E-state index contributed by atoms with van der Waals surface area (Å²) in [5.74, 6) is -0.0246. The van der Waals surface area contributed by atoms with Gasteiger partial charge in [-0.05, 0) is 49.1 Å². The van der Waals surface area contributed by atoms with Crippen LogP contribution in [0.3, 0.4) is 0 Å². The Morgan fingerprint density at radius 2 is 2.03 bits per heavy atom. The van der Waals surface area contributed by atoms with Crippen LogP contribution >= 0.6 is 23.1 Å². The van der Waals surface area contributed by atoms with Crippen LogP contribution < -0.4 is 5.32 Å². The highest BCUT2D eigenvalue weighted by Crippen LogP contribution is 2.58. The Morgan fingerprint density at radius 1 is 1.22 bits per heavy atom. The average molecular weight is 534 g/mol. The van der Waals surface area contributed by atoms with Crippen LogP contribution in [0.4, 0.5) is 0 Å². The van der Waals surface area contributed by atoms with E-state index in [2.05, 4.69) is 27.8 Å². The molecule has 3 fully saturated rings. The number of nitrogens with zero attached hydrogens (tertiary/aromatic N) is 6. The summed E-state index contributed by atoms with van der Waals surface area (Å²) < 4.78 is 6.43. The lowest BCUT2D eigenvalue weighted by atomic mass is 9.94. The molecule has 5 atom stereocenters. The zero-order valence-corrected chi connectivity index (χ0v) is 22.4. The minimum Gasteiger partial charge on any atom is -0.442 e. The first-order chi connectivity index (χ1) is 17.2. The molecule has 194 valence electrons. The Morgan fingerprint density at radius 3 is 2.75 bits per heavy atom. The fourth-order valence-electron chi connectivity index (χ4n) is 5.26. The fourth-order valence-corrected chi connectivity index (χ4v) is 7.72. The lowest BCUT2D eigenvalue weighted by molar-refractivity contribution is -0.163. The van der Waals surface area contributed by atoms with Gasteiger partial charge in [0.05, 0.1) is 6.17 Å². The maximum Gasteiger partial charge on any atom is 0.307 e. The van der Waals surface area contributed by atoms with Crippen LogP contribution in [0.15, 0.2) is 17.5 Å². The largest absolute Gasteiger partial charge is 0.442 e. The predicted molar refractivity (Wildman–Crippen MR) is 133 cm³/mol. The zero-order chi connectivity index (χ0) is 25.6. The number of hydrogen-bond acceptors (Lipinski definition) is 10. The summed E-state index contributed by atoms with van der Waals surface area (Å²) in [6, 6.07) is 2.45. The number of tetrazole rings is 1. The van der Waals surface area contributed by atoms with Crippen molar-refractivity contribution in [3.05, 3.63) is 28.2 Å². The van der Waals surface area contributed by atoms with E-state index in [0.717, 1.165) is 24.1 Å². The summed E-state index contributed by atoms with van der Waals surface area (Å²) >= 11 is 3.17. The van der Waals surface area contributed by atoms with Gasteiger partial charge in [-0.2, -0.15) is 4.68 Å². The molecule has 0 radical (unpaired) electrons. The average Bonchev–Trinajstić information content (AvgIpc) is 3.61. The number of aromatic nitrogens is 4. The van der Waals surface area contributed by atoms with E-state index in [9.17, 15) is 14.4 Å². The third kappa shape index (κ3) is 4.20. The molecule has 0 bridgehead atoms. The van der Waals surface area contributed by atoms with E-state index in [1.807, 2.05) is 38.3 Å². The van der Waals surface area contributed by atoms with E-state index in [4.69, 9.17) is 4.74 Å². The molecule has 36 heavy (non-hydrogen) atoms. The molecule has 0 aromatic carbocycles. The molecule has 13 heteroatoms. The number of fused-ring (bicyclic) bond motifs is 1. The van der Waals surface area contributed by atoms with Crippen molar-refractivity contribution in [1.29, 1.82) is 0 Å². The van der Waals surface area contributed by atoms with E-state index >= 15 is 0 Å². The zero-order valence-electron chi connectivity index (χ0n) is 20.8. The first-order valence-electron chi connectivity index (χ1n) is 12.3. The Balaban J connectivity index is 1.31. The molecule has 11 nitrogen and oxygen atoms in total. The molecule has 5 rings (SSSR count). The summed E-state index contributed by atoms with van der Waals surface area (Å²) in [5.41, 5.74) is 0. The number of nitrogens with one attached hydrogen (secondary N) is 1. The maximum absolute atomic E-state index is 13.6. The van der Waals surface area contributed by atoms with Crippen LogP contribution in [0, 0.1) is 0 Å². The maximum atomic E-state index is 13.6. The van der Waals surface area contributed by atoms with Gasteiger partial charge in [-0.3, -0.25) is 19.7 Å². The number of unbranched alkanes of at least 4 members (excludes halogenated alkanes) is 2. The van der Waals surface area contributed by atoms with Crippen molar-refractivity contribution in [2.45, 2.75) is 94.5 Å². The summed E-state index contributed by atoms with van der Waals surface area (Å²) in [5, 5.41) is 17.1. The smallest absolute Gasteiger partial charge is 0.307 e. The molecule has 0 aliphatic carbocycles. The standard InChI is InChI=1S/C23H31N7O4S2/c1-5-6-7-10-15(31)34-12-28-19(25-26-27-28)18-23(3,4)36-22-17(21(33)30(18)22)29-13(2)24-16(20(29)32)14-9-8-11-35-14/h8-9,11,13,16-18,22,24H,5-7,10,12H2,1-4H3. The number of esters is 1. The highest BCUT2D eigenvalue weighted by Gasteiger charge is 2.66. The molecule has 2 aromatic heterocycles. The molecule has 0 saturated carbocycles. The highest BCUT2D eigenvalue weighted by molar-refractivity contribution is 8.01. The lowest BCUT2D eigenvalue weighted by Crippen LogP contribution is -2.69. The number of thioether (sulfide) groups is 1. The van der Waals surface area contributed by atoms with Crippen molar-refractivity contribution in [3.8, 4) is 0 Å². The van der Waals surface area contributed by atoms with Gasteiger partial charge < -0.3 is 14.5 Å². The molecule has 3 saturated heterocycles.